The van der Waals surface area contributed by atoms with Crippen LogP contribution in [0.15, 0.2) is 29.6 Å². The zero-order chi connectivity index (χ0) is 13.9. The zero-order valence-electron chi connectivity index (χ0n) is 12.1. The molecular weight excluding hydrogens is 268 g/mol. The number of hydrogen-bond acceptors (Lipinski definition) is 4. The molecular formula is C16H22N2OS. The lowest BCUT2D eigenvalue weighted by Crippen LogP contribution is -2.48. The van der Waals surface area contributed by atoms with Crippen LogP contribution in [0.5, 0.6) is 0 Å². The molecule has 1 aliphatic heterocycles. The van der Waals surface area contributed by atoms with Gasteiger partial charge < -0.3 is 10.1 Å². The van der Waals surface area contributed by atoms with E-state index in [1.54, 1.807) is 11.3 Å². The summed E-state index contributed by atoms with van der Waals surface area (Å²) in [6.07, 6.45) is 0.282. The molecule has 1 aromatic carbocycles. The molecule has 3 rings (SSSR count). The summed E-state index contributed by atoms with van der Waals surface area (Å²) in [6.45, 7) is 8.29. The summed E-state index contributed by atoms with van der Waals surface area (Å²) in [6, 6.07) is 9.33. The van der Waals surface area contributed by atoms with Gasteiger partial charge in [-0.05, 0) is 48.9 Å². The number of nitrogens with one attached hydrogen (secondary N) is 1. The van der Waals surface area contributed by atoms with Crippen molar-refractivity contribution in [1.82, 2.24) is 4.90 Å². The Balaban J connectivity index is 1.58. The van der Waals surface area contributed by atoms with E-state index in [1.807, 2.05) is 0 Å². The highest BCUT2D eigenvalue weighted by atomic mass is 32.1. The summed E-state index contributed by atoms with van der Waals surface area (Å²) in [5.74, 6) is 0. The Labute approximate surface area is 124 Å². The lowest BCUT2D eigenvalue weighted by molar-refractivity contribution is -0.0315. The van der Waals surface area contributed by atoms with E-state index in [0.717, 1.165) is 26.2 Å². The number of benzene rings is 1. The topological polar surface area (TPSA) is 24.5 Å². The molecule has 0 radical (unpaired) electrons. The molecule has 108 valence electrons. The number of nitrogens with zero attached hydrogens (tertiary/aromatic N) is 1. The van der Waals surface area contributed by atoms with Crippen LogP contribution in [0.4, 0.5) is 5.69 Å². The Morgan fingerprint density at radius 2 is 2.30 bits per heavy atom. The second kappa shape index (κ2) is 6.12. The van der Waals surface area contributed by atoms with Gasteiger partial charge in [0.2, 0.25) is 0 Å². The molecule has 1 atom stereocenters. The average Bonchev–Trinajstić information content (AvgIpc) is 2.93. The van der Waals surface area contributed by atoms with Crippen molar-refractivity contribution in [2.45, 2.75) is 26.0 Å². The first-order chi connectivity index (χ1) is 9.72. The molecule has 1 aliphatic rings. The quantitative estimate of drug-likeness (QED) is 0.934. The van der Waals surface area contributed by atoms with E-state index in [-0.39, 0.29) is 6.10 Å². The fourth-order valence-corrected chi connectivity index (χ4v) is 3.41. The lowest BCUT2D eigenvalue weighted by atomic mass is 10.2. The van der Waals surface area contributed by atoms with Gasteiger partial charge in [-0.2, -0.15) is 0 Å². The van der Waals surface area contributed by atoms with E-state index in [2.05, 4.69) is 53.7 Å². The summed E-state index contributed by atoms with van der Waals surface area (Å²) in [4.78, 5) is 2.48. The Bertz CT molecular complexity index is 566. The van der Waals surface area contributed by atoms with Crippen LogP contribution in [0.3, 0.4) is 0 Å². The van der Waals surface area contributed by atoms with Crippen molar-refractivity contribution in [2.75, 3.05) is 31.6 Å². The van der Waals surface area contributed by atoms with Crippen LogP contribution in [0, 0.1) is 0 Å². The molecule has 1 fully saturated rings. The van der Waals surface area contributed by atoms with E-state index in [1.165, 1.54) is 15.8 Å². The predicted octanol–water partition coefficient (Wildman–Crippen LogP) is 3.42. The molecule has 0 amide bonds. The number of morpholine rings is 1. The summed E-state index contributed by atoms with van der Waals surface area (Å²) in [5.41, 5.74) is 1.18. The minimum absolute atomic E-state index is 0.282. The maximum Gasteiger partial charge on any atom is 0.0874 e. The van der Waals surface area contributed by atoms with Crippen LogP contribution in [-0.4, -0.2) is 43.3 Å². The van der Waals surface area contributed by atoms with Crippen LogP contribution in [0.2, 0.25) is 0 Å². The predicted molar refractivity (Wildman–Crippen MR) is 86.8 cm³/mol. The van der Waals surface area contributed by atoms with Crippen molar-refractivity contribution >= 4 is 27.1 Å². The molecule has 1 unspecified atom stereocenters. The van der Waals surface area contributed by atoms with Gasteiger partial charge in [-0.15, -0.1) is 11.3 Å². The van der Waals surface area contributed by atoms with Gasteiger partial charge in [0.05, 0.1) is 12.7 Å². The lowest BCUT2D eigenvalue weighted by Gasteiger charge is -2.35. The van der Waals surface area contributed by atoms with Gasteiger partial charge in [-0.25, -0.2) is 0 Å². The number of ether oxygens (including phenoxy) is 1. The Hall–Kier alpha value is -1.10. The van der Waals surface area contributed by atoms with Crippen molar-refractivity contribution in [3.63, 3.8) is 0 Å². The number of anilines is 1. The van der Waals surface area contributed by atoms with Crippen LogP contribution in [0.25, 0.3) is 10.1 Å². The summed E-state index contributed by atoms with van der Waals surface area (Å²) in [7, 11) is 0. The number of hydrogen-bond donors (Lipinski definition) is 1. The van der Waals surface area contributed by atoms with Gasteiger partial charge in [0.25, 0.3) is 0 Å². The van der Waals surface area contributed by atoms with E-state index < -0.39 is 0 Å². The molecule has 20 heavy (non-hydrogen) atoms. The second-order valence-electron chi connectivity index (χ2n) is 5.64. The molecule has 1 saturated heterocycles. The maximum absolute atomic E-state index is 5.85. The third-order valence-corrected chi connectivity index (χ3v) is 4.78. The highest BCUT2D eigenvalue weighted by Crippen LogP contribution is 2.24. The first-order valence-corrected chi connectivity index (χ1v) is 8.17. The van der Waals surface area contributed by atoms with Crippen LogP contribution in [-0.2, 0) is 4.74 Å². The third kappa shape index (κ3) is 3.14. The van der Waals surface area contributed by atoms with Gasteiger partial charge in [-0.3, -0.25) is 4.90 Å². The van der Waals surface area contributed by atoms with Crippen molar-refractivity contribution in [2.24, 2.45) is 0 Å². The van der Waals surface area contributed by atoms with Crippen LogP contribution >= 0.6 is 11.3 Å². The minimum Gasteiger partial charge on any atom is -0.382 e. The van der Waals surface area contributed by atoms with E-state index in [9.17, 15) is 0 Å². The van der Waals surface area contributed by atoms with Gasteiger partial charge in [0.1, 0.15) is 0 Å². The first-order valence-electron chi connectivity index (χ1n) is 7.29. The molecule has 0 spiro atoms. The third-order valence-electron chi connectivity index (χ3n) is 3.89. The molecule has 2 heterocycles. The highest BCUT2D eigenvalue weighted by Gasteiger charge is 2.21. The molecule has 4 heteroatoms. The fraction of sp³-hybridized carbons (Fsp3) is 0.500. The van der Waals surface area contributed by atoms with Crippen molar-refractivity contribution < 1.29 is 4.74 Å². The number of thiophene rings is 1. The molecule has 0 bridgehead atoms. The normalized spacial score (nSPS) is 20.6. The SMILES string of the molecule is CC(C)N1CCOC(CNc2ccc3sccc3c2)C1. The number of fused-ring (bicyclic) bond motifs is 1. The molecule has 2 aromatic rings. The largest absolute Gasteiger partial charge is 0.382 e. The Kier molecular flexibility index (Phi) is 4.24. The summed E-state index contributed by atoms with van der Waals surface area (Å²) in [5, 5.41) is 6.96. The second-order valence-corrected chi connectivity index (χ2v) is 6.58. The monoisotopic (exact) mass is 290 g/mol. The van der Waals surface area contributed by atoms with Crippen molar-refractivity contribution in [3.05, 3.63) is 29.6 Å². The van der Waals surface area contributed by atoms with Crippen molar-refractivity contribution in [3.8, 4) is 0 Å². The van der Waals surface area contributed by atoms with Crippen LogP contribution in [0.1, 0.15) is 13.8 Å². The van der Waals surface area contributed by atoms with Gasteiger partial charge in [0.15, 0.2) is 0 Å². The summed E-state index contributed by atoms with van der Waals surface area (Å²) < 4.78 is 7.19. The highest BCUT2D eigenvalue weighted by molar-refractivity contribution is 7.17. The molecule has 1 N–H and O–H groups in total. The Morgan fingerprint density at radius 3 is 3.15 bits per heavy atom. The standard InChI is InChI=1S/C16H22N2OS/c1-12(2)18-6-7-19-15(11-18)10-17-14-3-4-16-13(9-14)5-8-20-16/h3-5,8-9,12,15,17H,6-7,10-11H2,1-2H3. The fourth-order valence-electron chi connectivity index (χ4n) is 2.64. The molecule has 0 saturated carbocycles. The molecule has 0 aliphatic carbocycles. The summed E-state index contributed by atoms with van der Waals surface area (Å²) >= 11 is 1.79. The average molecular weight is 290 g/mol. The molecule has 3 nitrogen and oxygen atoms in total. The molecule has 1 aromatic heterocycles. The minimum atomic E-state index is 0.282. The maximum atomic E-state index is 5.85. The van der Waals surface area contributed by atoms with E-state index in [0.29, 0.717) is 6.04 Å². The first kappa shape index (κ1) is 13.9. The Morgan fingerprint density at radius 1 is 1.40 bits per heavy atom. The van der Waals surface area contributed by atoms with Crippen molar-refractivity contribution in [1.29, 1.82) is 0 Å². The van der Waals surface area contributed by atoms with E-state index >= 15 is 0 Å². The number of rotatable bonds is 4. The van der Waals surface area contributed by atoms with Gasteiger partial charge >= 0.3 is 0 Å². The van der Waals surface area contributed by atoms with Crippen LogP contribution < -0.4 is 5.32 Å². The van der Waals surface area contributed by atoms with E-state index in [4.69, 9.17) is 4.74 Å². The smallest absolute Gasteiger partial charge is 0.0874 e. The van der Waals surface area contributed by atoms with Gasteiger partial charge in [-0.1, -0.05) is 0 Å². The zero-order valence-corrected chi connectivity index (χ0v) is 13.0. The van der Waals surface area contributed by atoms with Gasteiger partial charge in [0, 0.05) is 36.1 Å².